The van der Waals surface area contributed by atoms with Crippen molar-refractivity contribution in [1.82, 2.24) is 9.55 Å². The molecule has 110 valence electrons. The summed E-state index contributed by atoms with van der Waals surface area (Å²) >= 11 is 1.76. The van der Waals surface area contributed by atoms with Crippen LogP contribution in [0, 0.1) is 6.92 Å². The fraction of sp³-hybridized carbons (Fsp3) is 0.412. The number of nitrogens with zero attached hydrogens (tertiary/aromatic N) is 2. The summed E-state index contributed by atoms with van der Waals surface area (Å²) in [5.41, 5.74) is 3.55. The van der Waals surface area contributed by atoms with Gasteiger partial charge in [-0.3, -0.25) is 4.79 Å². The lowest BCUT2D eigenvalue weighted by Gasteiger charge is -2.24. The summed E-state index contributed by atoms with van der Waals surface area (Å²) in [5, 5.41) is 0. The van der Waals surface area contributed by atoms with Crippen LogP contribution in [0.3, 0.4) is 0 Å². The van der Waals surface area contributed by atoms with Gasteiger partial charge in [0.1, 0.15) is 5.78 Å². The van der Waals surface area contributed by atoms with Crippen molar-refractivity contribution in [2.24, 2.45) is 0 Å². The third kappa shape index (κ3) is 2.64. The van der Waals surface area contributed by atoms with E-state index in [4.69, 9.17) is 0 Å². The molecule has 0 spiro atoms. The molecule has 2 aromatic rings. The highest BCUT2D eigenvalue weighted by molar-refractivity contribution is 8.01. The van der Waals surface area contributed by atoms with Gasteiger partial charge in [-0.25, -0.2) is 4.98 Å². The van der Waals surface area contributed by atoms with Gasteiger partial charge >= 0.3 is 0 Å². The molecular formula is C17H20N2OS. The summed E-state index contributed by atoms with van der Waals surface area (Å²) in [6.45, 7) is 5.10. The molecule has 1 aromatic carbocycles. The fourth-order valence-electron chi connectivity index (χ4n) is 3.02. The van der Waals surface area contributed by atoms with Gasteiger partial charge in [0.05, 0.1) is 22.5 Å². The highest BCUT2D eigenvalue weighted by atomic mass is 32.2. The zero-order valence-corrected chi connectivity index (χ0v) is 13.3. The summed E-state index contributed by atoms with van der Waals surface area (Å²) in [7, 11) is 0. The fourth-order valence-corrected chi connectivity index (χ4v) is 4.36. The van der Waals surface area contributed by atoms with Crippen molar-refractivity contribution in [2.75, 3.05) is 5.75 Å². The van der Waals surface area contributed by atoms with Crippen LogP contribution in [0.1, 0.15) is 36.7 Å². The summed E-state index contributed by atoms with van der Waals surface area (Å²) in [6.07, 6.45) is 3.49. The van der Waals surface area contributed by atoms with E-state index in [0.29, 0.717) is 18.0 Å². The van der Waals surface area contributed by atoms with Gasteiger partial charge in [0.2, 0.25) is 0 Å². The van der Waals surface area contributed by atoms with Crippen LogP contribution in [-0.4, -0.2) is 21.1 Å². The van der Waals surface area contributed by atoms with Crippen molar-refractivity contribution >= 4 is 17.5 Å². The van der Waals surface area contributed by atoms with Gasteiger partial charge in [-0.15, -0.1) is 11.8 Å². The molecule has 0 aliphatic carbocycles. The van der Waals surface area contributed by atoms with E-state index in [1.807, 2.05) is 12.4 Å². The second kappa shape index (κ2) is 5.68. The van der Waals surface area contributed by atoms with Crippen LogP contribution < -0.4 is 0 Å². The summed E-state index contributed by atoms with van der Waals surface area (Å²) in [4.78, 5) is 16.4. The number of aromatic nitrogens is 2. The first-order chi connectivity index (χ1) is 10.1. The standard InChI is InChI=1S/C17H20N2OS/c1-3-17(9-15(20)11-21-17)16-13(2)19(12-18-16)10-14-7-5-4-6-8-14/h4-8,12H,3,9-11H2,1-2H3. The third-order valence-corrected chi connectivity index (χ3v) is 5.94. The second-order valence-corrected chi connectivity index (χ2v) is 7.00. The maximum Gasteiger partial charge on any atom is 0.144 e. The van der Waals surface area contributed by atoms with Gasteiger partial charge in [-0.1, -0.05) is 37.3 Å². The molecule has 1 aliphatic heterocycles. The molecule has 0 amide bonds. The van der Waals surface area contributed by atoms with Crippen molar-refractivity contribution in [2.45, 2.75) is 38.0 Å². The van der Waals surface area contributed by atoms with Crippen LogP contribution >= 0.6 is 11.8 Å². The van der Waals surface area contributed by atoms with E-state index in [1.165, 1.54) is 11.3 Å². The van der Waals surface area contributed by atoms with Gasteiger partial charge in [-0.2, -0.15) is 0 Å². The average Bonchev–Trinajstić information content (AvgIpc) is 3.05. The number of carbonyl (C=O) groups excluding carboxylic acids is 1. The Kier molecular flexibility index (Phi) is 3.89. The monoisotopic (exact) mass is 300 g/mol. The lowest BCUT2D eigenvalue weighted by molar-refractivity contribution is -0.116. The van der Waals surface area contributed by atoms with E-state index in [-0.39, 0.29) is 4.75 Å². The number of ketones is 1. The summed E-state index contributed by atoms with van der Waals surface area (Å²) < 4.78 is 2.08. The molecule has 21 heavy (non-hydrogen) atoms. The molecule has 0 N–H and O–H groups in total. The van der Waals surface area contributed by atoms with Gasteiger partial charge in [0, 0.05) is 18.7 Å². The molecule has 1 aromatic heterocycles. The highest BCUT2D eigenvalue weighted by Gasteiger charge is 2.42. The molecule has 0 radical (unpaired) electrons. The number of rotatable bonds is 4. The van der Waals surface area contributed by atoms with Crippen molar-refractivity contribution < 1.29 is 4.79 Å². The van der Waals surface area contributed by atoms with Crippen LogP contribution in [0.15, 0.2) is 36.7 Å². The third-order valence-electron chi connectivity index (χ3n) is 4.29. The Hall–Kier alpha value is -1.55. The summed E-state index contributed by atoms with van der Waals surface area (Å²) in [6, 6.07) is 10.4. The minimum absolute atomic E-state index is 0.108. The van der Waals surface area contributed by atoms with E-state index in [1.54, 1.807) is 11.8 Å². The molecule has 2 heterocycles. The normalized spacial score (nSPS) is 21.9. The molecule has 1 atom stereocenters. The lowest BCUT2D eigenvalue weighted by Crippen LogP contribution is -2.20. The molecule has 3 nitrogen and oxygen atoms in total. The molecule has 1 fully saturated rings. The number of imidazole rings is 1. The first-order valence-corrected chi connectivity index (χ1v) is 8.35. The zero-order valence-electron chi connectivity index (χ0n) is 12.5. The van der Waals surface area contributed by atoms with Crippen LogP contribution in [0.5, 0.6) is 0 Å². The molecule has 1 aliphatic rings. The molecule has 1 unspecified atom stereocenters. The predicted octanol–water partition coefficient (Wildman–Crippen LogP) is 3.55. The maximum atomic E-state index is 11.7. The number of Topliss-reactive ketones (excluding diaryl/α,β-unsaturated/α-hetero) is 1. The second-order valence-electron chi connectivity index (χ2n) is 5.64. The Morgan fingerprint density at radius 3 is 2.71 bits per heavy atom. The van der Waals surface area contributed by atoms with Crippen LogP contribution in [-0.2, 0) is 16.1 Å². The molecule has 3 rings (SSSR count). The minimum Gasteiger partial charge on any atom is -0.330 e. The Labute approximate surface area is 129 Å². The van der Waals surface area contributed by atoms with Crippen molar-refractivity contribution in [3.63, 3.8) is 0 Å². The van der Waals surface area contributed by atoms with E-state index in [0.717, 1.165) is 18.7 Å². The Morgan fingerprint density at radius 2 is 2.10 bits per heavy atom. The van der Waals surface area contributed by atoms with Gasteiger partial charge < -0.3 is 4.57 Å². The van der Waals surface area contributed by atoms with E-state index >= 15 is 0 Å². The number of benzene rings is 1. The molecule has 0 bridgehead atoms. The highest BCUT2D eigenvalue weighted by Crippen LogP contribution is 2.48. The van der Waals surface area contributed by atoms with Gasteiger partial charge in [0.25, 0.3) is 0 Å². The largest absolute Gasteiger partial charge is 0.330 e. The van der Waals surface area contributed by atoms with E-state index < -0.39 is 0 Å². The van der Waals surface area contributed by atoms with Gasteiger partial charge in [-0.05, 0) is 18.9 Å². The Bertz CT molecular complexity index is 650. The molecule has 1 saturated heterocycles. The molecular weight excluding hydrogens is 280 g/mol. The zero-order chi connectivity index (χ0) is 14.9. The topological polar surface area (TPSA) is 34.9 Å². The van der Waals surface area contributed by atoms with Crippen molar-refractivity contribution in [3.8, 4) is 0 Å². The minimum atomic E-state index is -0.108. The number of hydrogen-bond acceptors (Lipinski definition) is 3. The van der Waals surface area contributed by atoms with Crippen LogP contribution in [0.4, 0.5) is 0 Å². The Balaban J connectivity index is 1.90. The van der Waals surface area contributed by atoms with E-state index in [9.17, 15) is 4.79 Å². The quantitative estimate of drug-likeness (QED) is 0.866. The first-order valence-electron chi connectivity index (χ1n) is 7.36. The first kappa shape index (κ1) is 14.4. The summed E-state index contributed by atoms with van der Waals surface area (Å²) in [5.74, 6) is 0.970. The number of hydrogen-bond donors (Lipinski definition) is 0. The predicted molar refractivity (Wildman–Crippen MR) is 86.6 cm³/mol. The molecule has 0 saturated carbocycles. The van der Waals surface area contributed by atoms with Crippen LogP contribution in [0.25, 0.3) is 0 Å². The van der Waals surface area contributed by atoms with Gasteiger partial charge in [0.15, 0.2) is 0 Å². The van der Waals surface area contributed by atoms with Crippen molar-refractivity contribution in [1.29, 1.82) is 0 Å². The smallest absolute Gasteiger partial charge is 0.144 e. The average molecular weight is 300 g/mol. The van der Waals surface area contributed by atoms with E-state index in [2.05, 4.69) is 47.7 Å². The van der Waals surface area contributed by atoms with Crippen LogP contribution in [0.2, 0.25) is 0 Å². The Morgan fingerprint density at radius 1 is 1.33 bits per heavy atom. The number of thioether (sulfide) groups is 1. The maximum absolute atomic E-state index is 11.7. The SMILES string of the molecule is CCC1(c2ncn(Cc3ccccc3)c2C)CC(=O)CS1. The number of carbonyl (C=O) groups is 1. The molecule has 4 heteroatoms. The lowest BCUT2D eigenvalue weighted by atomic mass is 9.94. The van der Waals surface area contributed by atoms with Crippen molar-refractivity contribution in [3.05, 3.63) is 53.6 Å².